The Bertz CT molecular complexity index is 526. The molecule has 2 heterocycles. The molecule has 0 saturated carbocycles. The molecule has 0 fully saturated rings. The van der Waals surface area contributed by atoms with Crippen LogP contribution >= 0.6 is 0 Å². The van der Waals surface area contributed by atoms with Gasteiger partial charge < -0.3 is 5.32 Å². The lowest BCUT2D eigenvalue weighted by Crippen LogP contribution is -2.25. The van der Waals surface area contributed by atoms with Crippen molar-refractivity contribution in [1.29, 1.82) is 0 Å². The van der Waals surface area contributed by atoms with Gasteiger partial charge >= 0.3 is 0 Å². The number of nitrogens with zero attached hydrogens (tertiary/aromatic N) is 4. The highest BCUT2D eigenvalue weighted by atomic mass is 15.3. The molecule has 0 aliphatic carbocycles. The molecule has 1 N–H and O–H groups in total. The molecule has 2 aromatic rings. The summed E-state index contributed by atoms with van der Waals surface area (Å²) in [6.45, 7) is 5.20. The van der Waals surface area contributed by atoms with Crippen molar-refractivity contribution in [2.24, 2.45) is 14.1 Å². The third kappa shape index (κ3) is 3.44. The van der Waals surface area contributed by atoms with Gasteiger partial charge in [0, 0.05) is 32.4 Å². The third-order valence-electron chi connectivity index (χ3n) is 3.24. The Morgan fingerprint density at radius 3 is 2.63 bits per heavy atom. The van der Waals surface area contributed by atoms with E-state index in [9.17, 15) is 0 Å². The molecule has 104 valence electrons. The zero-order valence-corrected chi connectivity index (χ0v) is 12.2. The van der Waals surface area contributed by atoms with Crippen LogP contribution in [0.15, 0.2) is 18.3 Å². The van der Waals surface area contributed by atoms with Crippen molar-refractivity contribution in [3.63, 3.8) is 0 Å². The molecule has 5 heteroatoms. The number of hydrogen-bond acceptors (Lipinski definition) is 3. The van der Waals surface area contributed by atoms with Gasteiger partial charge in [0.1, 0.15) is 0 Å². The highest BCUT2D eigenvalue weighted by molar-refractivity contribution is 5.14. The molecular formula is C14H23N5. The van der Waals surface area contributed by atoms with E-state index in [0.29, 0.717) is 0 Å². The van der Waals surface area contributed by atoms with Crippen molar-refractivity contribution in [1.82, 2.24) is 24.9 Å². The van der Waals surface area contributed by atoms with Gasteiger partial charge in [-0.3, -0.25) is 9.36 Å². The number of hydrogen-bond donors (Lipinski definition) is 1. The molecule has 2 rings (SSSR count). The maximum atomic E-state index is 4.52. The third-order valence-corrected chi connectivity index (χ3v) is 3.24. The van der Waals surface area contributed by atoms with Gasteiger partial charge in [-0.1, -0.05) is 6.92 Å². The lowest BCUT2D eigenvalue weighted by atomic mass is 10.1. The fraction of sp³-hybridized carbons (Fsp3) is 0.571. The largest absolute Gasteiger partial charge is 0.308 e. The van der Waals surface area contributed by atoms with E-state index in [-0.39, 0.29) is 6.04 Å². The van der Waals surface area contributed by atoms with Crippen LogP contribution < -0.4 is 5.32 Å². The maximum absolute atomic E-state index is 4.52. The van der Waals surface area contributed by atoms with E-state index in [4.69, 9.17) is 0 Å². The Morgan fingerprint density at radius 1 is 1.32 bits per heavy atom. The molecule has 0 aromatic carbocycles. The Morgan fingerprint density at radius 2 is 2.11 bits per heavy atom. The second kappa shape index (κ2) is 6.02. The van der Waals surface area contributed by atoms with Crippen LogP contribution in [-0.4, -0.2) is 26.1 Å². The summed E-state index contributed by atoms with van der Waals surface area (Å²) in [5.41, 5.74) is 3.39. The van der Waals surface area contributed by atoms with Gasteiger partial charge in [0.2, 0.25) is 0 Å². The summed E-state index contributed by atoms with van der Waals surface area (Å²) in [4.78, 5) is 0. The van der Waals surface area contributed by atoms with Crippen molar-refractivity contribution in [3.05, 3.63) is 35.4 Å². The zero-order chi connectivity index (χ0) is 13.8. The number of aromatic nitrogens is 4. The molecule has 0 radical (unpaired) electrons. The van der Waals surface area contributed by atoms with E-state index in [0.717, 1.165) is 30.8 Å². The predicted molar refractivity (Wildman–Crippen MR) is 75.9 cm³/mol. The minimum Gasteiger partial charge on any atom is -0.308 e. The van der Waals surface area contributed by atoms with E-state index in [1.165, 1.54) is 5.69 Å². The smallest absolute Gasteiger partial charge is 0.0797 e. The van der Waals surface area contributed by atoms with Crippen LogP contribution in [0, 0.1) is 6.92 Å². The van der Waals surface area contributed by atoms with E-state index in [1.807, 2.05) is 36.6 Å². The number of aryl methyl sites for hydroxylation is 3. The summed E-state index contributed by atoms with van der Waals surface area (Å²) in [5, 5.41) is 12.5. The second-order valence-corrected chi connectivity index (χ2v) is 5.03. The van der Waals surface area contributed by atoms with Gasteiger partial charge in [0.05, 0.1) is 17.4 Å². The first kappa shape index (κ1) is 13.8. The van der Waals surface area contributed by atoms with Crippen molar-refractivity contribution < 1.29 is 0 Å². The van der Waals surface area contributed by atoms with Crippen molar-refractivity contribution >= 4 is 0 Å². The van der Waals surface area contributed by atoms with Crippen molar-refractivity contribution in [3.8, 4) is 0 Å². The predicted octanol–water partition coefficient (Wildman–Crippen LogP) is 1.75. The molecule has 19 heavy (non-hydrogen) atoms. The van der Waals surface area contributed by atoms with E-state index >= 15 is 0 Å². The lowest BCUT2D eigenvalue weighted by Gasteiger charge is -2.16. The van der Waals surface area contributed by atoms with Crippen LogP contribution in [0.1, 0.15) is 36.5 Å². The summed E-state index contributed by atoms with van der Waals surface area (Å²) in [5.74, 6) is 0. The van der Waals surface area contributed by atoms with Crippen LogP contribution in [0.4, 0.5) is 0 Å². The van der Waals surface area contributed by atoms with Crippen LogP contribution in [0.5, 0.6) is 0 Å². The number of rotatable bonds is 6. The summed E-state index contributed by atoms with van der Waals surface area (Å²) in [7, 11) is 3.95. The Balaban J connectivity index is 2.16. The Kier molecular flexibility index (Phi) is 4.37. The summed E-state index contributed by atoms with van der Waals surface area (Å²) < 4.78 is 3.81. The normalized spacial score (nSPS) is 12.8. The van der Waals surface area contributed by atoms with Gasteiger partial charge in [0.15, 0.2) is 0 Å². The molecule has 1 atom stereocenters. The quantitative estimate of drug-likeness (QED) is 0.861. The van der Waals surface area contributed by atoms with Crippen LogP contribution in [0.3, 0.4) is 0 Å². The minimum absolute atomic E-state index is 0.246. The van der Waals surface area contributed by atoms with Gasteiger partial charge in [-0.25, -0.2) is 0 Å². The standard InChI is InChI=1S/C14H23N5/c1-5-7-15-14(13-6-8-18(3)17-13)10-12-9-11(2)16-19(12)4/h6,8-9,14-15H,5,7,10H2,1-4H3. The molecule has 5 nitrogen and oxygen atoms in total. The fourth-order valence-corrected chi connectivity index (χ4v) is 2.28. The highest BCUT2D eigenvalue weighted by Crippen LogP contribution is 2.17. The minimum atomic E-state index is 0.246. The van der Waals surface area contributed by atoms with Crippen LogP contribution in [0.2, 0.25) is 0 Å². The van der Waals surface area contributed by atoms with Crippen LogP contribution in [-0.2, 0) is 20.5 Å². The first-order valence-electron chi connectivity index (χ1n) is 6.82. The lowest BCUT2D eigenvalue weighted by molar-refractivity contribution is 0.496. The molecule has 2 aromatic heterocycles. The van der Waals surface area contributed by atoms with Gasteiger partial charge in [-0.15, -0.1) is 0 Å². The molecule has 0 amide bonds. The average Bonchev–Trinajstić information content (AvgIpc) is 2.91. The molecule has 0 aliphatic rings. The topological polar surface area (TPSA) is 47.7 Å². The number of nitrogens with one attached hydrogen (secondary N) is 1. The molecular weight excluding hydrogens is 238 g/mol. The summed E-state index contributed by atoms with van der Waals surface area (Å²) in [6.07, 6.45) is 4.02. The first-order valence-corrected chi connectivity index (χ1v) is 6.82. The Labute approximate surface area is 114 Å². The summed E-state index contributed by atoms with van der Waals surface area (Å²) >= 11 is 0. The average molecular weight is 261 g/mol. The van der Waals surface area contributed by atoms with Gasteiger partial charge in [-0.05, 0) is 32.0 Å². The van der Waals surface area contributed by atoms with Gasteiger partial charge in [0.25, 0.3) is 0 Å². The molecule has 0 saturated heterocycles. The second-order valence-electron chi connectivity index (χ2n) is 5.03. The molecule has 0 bridgehead atoms. The molecule has 0 aliphatic heterocycles. The molecule has 0 spiro atoms. The van der Waals surface area contributed by atoms with Crippen molar-refractivity contribution in [2.75, 3.05) is 6.54 Å². The highest BCUT2D eigenvalue weighted by Gasteiger charge is 2.16. The van der Waals surface area contributed by atoms with E-state index in [2.05, 4.69) is 34.6 Å². The first-order chi connectivity index (χ1) is 9.10. The van der Waals surface area contributed by atoms with E-state index < -0.39 is 0 Å². The monoisotopic (exact) mass is 261 g/mol. The van der Waals surface area contributed by atoms with Crippen molar-refractivity contribution in [2.45, 2.75) is 32.7 Å². The SMILES string of the molecule is CCCNC(Cc1cc(C)nn1C)c1ccn(C)n1. The fourth-order valence-electron chi connectivity index (χ4n) is 2.28. The Hall–Kier alpha value is -1.62. The zero-order valence-electron chi connectivity index (χ0n) is 12.2. The maximum Gasteiger partial charge on any atom is 0.0797 e. The van der Waals surface area contributed by atoms with Crippen LogP contribution in [0.25, 0.3) is 0 Å². The molecule has 1 unspecified atom stereocenters. The summed E-state index contributed by atoms with van der Waals surface area (Å²) in [6, 6.07) is 4.47. The van der Waals surface area contributed by atoms with E-state index in [1.54, 1.807) is 0 Å². The van der Waals surface area contributed by atoms with Gasteiger partial charge in [-0.2, -0.15) is 10.2 Å².